The molecular formula is C23H30ClN5O2. The number of fused-ring (bicyclic) bond motifs is 1. The molecule has 1 saturated heterocycles. The highest BCUT2D eigenvalue weighted by Gasteiger charge is 2.27. The Labute approximate surface area is 188 Å². The van der Waals surface area contributed by atoms with E-state index in [0.717, 1.165) is 62.7 Å². The molecule has 0 spiro atoms. The van der Waals surface area contributed by atoms with Crippen molar-refractivity contribution in [2.45, 2.75) is 25.8 Å². The molecule has 0 bridgehead atoms. The van der Waals surface area contributed by atoms with Crippen molar-refractivity contribution in [2.75, 3.05) is 51.2 Å². The van der Waals surface area contributed by atoms with Gasteiger partial charge in [0, 0.05) is 75.2 Å². The first-order valence-corrected chi connectivity index (χ1v) is 11.3. The summed E-state index contributed by atoms with van der Waals surface area (Å²) in [6.07, 6.45) is 4.58. The van der Waals surface area contributed by atoms with Crippen LogP contribution >= 0.6 is 11.6 Å². The van der Waals surface area contributed by atoms with Gasteiger partial charge in [-0.3, -0.25) is 9.69 Å². The van der Waals surface area contributed by atoms with Gasteiger partial charge in [0.15, 0.2) is 0 Å². The molecule has 1 aromatic carbocycles. The first-order chi connectivity index (χ1) is 15.1. The Hall–Kier alpha value is -2.51. The predicted molar refractivity (Wildman–Crippen MR) is 124 cm³/mol. The van der Waals surface area contributed by atoms with Gasteiger partial charge in [0.05, 0.1) is 5.71 Å². The second-order valence-electron chi connectivity index (χ2n) is 8.31. The van der Waals surface area contributed by atoms with Crippen LogP contribution in [0.5, 0.6) is 0 Å². The average Bonchev–Trinajstić information content (AvgIpc) is 3.15. The van der Waals surface area contributed by atoms with Crippen molar-refractivity contribution in [2.24, 2.45) is 5.16 Å². The Kier molecular flexibility index (Phi) is 6.83. The molecule has 0 aliphatic carbocycles. The number of hydrogen-bond donors (Lipinski definition) is 1. The molecule has 0 saturated carbocycles. The smallest absolute Gasteiger partial charge is 0.270 e. The molecule has 2 aliphatic heterocycles. The third-order valence-electron chi connectivity index (χ3n) is 6.30. The summed E-state index contributed by atoms with van der Waals surface area (Å²) in [6.45, 7) is 6.52. The Balaban J connectivity index is 1.27. The zero-order valence-corrected chi connectivity index (χ0v) is 18.8. The van der Waals surface area contributed by atoms with Gasteiger partial charge in [0.25, 0.3) is 5.91 Å². The molecule has 0 atom stereocenters. The van der Waals surface area contributed by atoms with E-state index in [1.807, 2.05) is 35.0 Å². The zero-order valence-electron chi connectivity index (χ0n) is 18.0. The minimum atomic E-state index is -0.00390. The van der Waals surface area contributed by atoms with Crippen LogP contribution in [0.4, 0.5) is 5.69 Å². The summed E-state index contributed by atoms with van der Waals surface area (Å²) in [7, 11) is 1.80. The first-order valence-electron chi connectivity index (χ1n) is 11.0. The fourth-order valence-corrected chi connectivity index (χ4v) is 4.63. The number of aromatic nitrogens is 1. The van der Waals surface area contributed by atoms with Crippen molar-refractivity contribution in [1.82, 2.24) is 14.4 Å². The lowest BCUT2D eigenvalue weighted by atomic mass is 10.1. The van der Waals surface area contributed by atoms with Gasteiger partial charge >= 0.3 is 0 Å². The van der Waals surface area contributed by atoms with Crippen LogP contribution in [0.2, 0.25) is 5.02 Å². The minimum absolute atomic E-state index is 0.00390. The van der Waals surface area contributed by atoms with E-state index in [-0.39, 0.29) is 5.91 Å². The van der Waals surface area contributed by atoms with Gasteiger partial charge in [-0.2, -0.15) is 0 Å². The Morgan fingerprint density at radius 2 is 1.84 bits per heavy atom. The number of piperazine rings is 1. The summed E-state index contributed by atoms with van der Waals surface area (Å²) in [5.74, 6) is -0.00390. The van der Waals surface area contributed by atoms with Crippen LogP contribution in [-0.2, 0) is 6.54 Å². The monoisotopic (exact) mass is 443 g/mol. The van der Waals surface area contributed by atoms with Gasteiger partial charge in [-0.05, 0) is 43.7 Å². The van der Waals surface area contributed by atoms with Gasteiger partial charge < -0.3 is 19.6 Å². The molecular weight excluding hydrogens is 414 g/mol. The van der Waals surface area contributed by atoms with E-state index < -0.39 is 0 Å². The van der Waals surface area contributed by atoms with Crippen molar-refractivity contribution >= 4 is 28.9 Å². The maximum absolute atomic E-state index is 12.8. The molecule has 7 nitrogen and oxygen atoms in total. The number of anilines is 1. The molecule has 2 aliphatic rings. The number of aryl methyl sites for hydroxylation is 1. The third kappa shape index (κ3) is 4.88. The molecule has 8 heteroatoms. The number of hydrogen-bond acceptors (Lipinski definition) is 5. The van der Waals surface area contributed by atoms with Gasteiger partial charge in [0.2, 0.25) is 0 Å². The van der Waals surface area contributed by atoms with Crippen LogP contribution < -0.4 is 4.90 Å². The van der Waals surface area contributed by atoms with Gasteiger partial charge in [0.1, 0.15) is 5.69 Å². The molecule has 2 aromatic rings. The lowest BCUT2D eigenvalue weighted by Gasteiger charge is -2.36. The molecule has 31 heavy (non-hydrogen) atoms. The van der Waals surface area contributed by atoms with E-state index in [2.05, 4.69) is 21.0 Å². The largest absolute Gasteiger partial charge is 0.411 e. The molecule has 1 N–H and O–H groups in total. The maximum Gasteiger partial charge on any atom is 0.270 e. The van der Waals surface area contributed by atoms with Gasteiger partial charge in [-0.15, -0.1) is 0 Å². The maximum atomic E-state index is 12.8. The standard InChI is InChI=1S/C23H30ClN5O2/c1-26-11-8-21(25-31)20-7-12-29(22(20)23(26)30)10-3-2-9-27-13-15-28(16-14-27)19-6-4-5-18(24)17-19/h4-7,12,17,31H,2-3,8-11,13-16H2,1H3/b25-21-. The highest BCUT2D eigenvalue weighted by molar-refractivity contribution is 6.30. The van der Waals surface area contributed by atoms with Crippen LogP contribution in [0.15, 0.2) is 41.7 Å². The fraction of sp³-hybridized carbons (Fsp3) is 0.478. The highest BCUT2D eigenvalue weighted by Crippen LogP contribution is 2.22. The Morgan fingerprint density at radius 3 is 2.58 bits per heavy atom. The summed E-state index contributed by atoms with van der Waals surface area (Å²) in [4.78, 5) is 19.4. The number of benzene rings is 1. The van der Waals surface area contributed by atoms with Crippen LogP contribution in [0.25, 0.3) is 0 Å². The first kappa shape index (κ1) is 21.7. The number of halogens is 1. The topological polar surface area (TPSA) is 64.3 Å². The van der Waals surface area contributed by atoms with Crippen LogP contribution in [-0.4, -0.2) is 77.5 Å². The Morgan fingerprint density at radius 1 is 1.06 bits per heavy atom. The number of carbonyl (C=O) groups excluding carboxylic acids is 1. The van der Waals surface area contributed by atoms with E-state index >= 15 is 0 Å². The summed E-state index contributed by atoms with van der Waals surface area (Å²) in [6, 6.07) is 9.96. The Bertz CT molecular complexity index is 949. The van der Waals surface area contributed by atoms with Crippen LogP contribution in [0.3, 0.4) is 0 Å². The summed E-state index contributed by atoms with van der Waals surface area (Å²) < 4.78 is 2.02. The van der Waals surface area contributed by atoms with Crippen LogP contribution in [0.1, 0.15) is 35.3 Å². The van der Waals surface area contributed by atoms with E-state index in [4.69, 9.17) is 11.6 Å². The van der Waals surface area contributed by atoms with Crippen molar-refractivity contribution in [3.63, 3.8) is 0 Å². The second-order valence-corrected chi connectivity index (χ2v) is 8.75. The van der Waals surface area contributed by atoms with Crippen molar-refractivity contribution in [1.29, 1.82) is 0 Å². The summed E-state index contributed by atoms with van der Waals surface area (Å²) in [5, 5.41) is 13.6. The molecule has 1 aromatic heterocycles. The van der Waals surface area contributed by atoms with Crippen LogP contribution in [0, 0.1) is 0 Å². The zero-order chi connectivity index (χ0) is 21.8. The van der Waals surface area contributed by atoms with E-state index in [0.29, 0.717) is 24.4 Å². The number of unbranched alkanes of at least 4 members (excludes halogenated alkanes) is 1. The normalized spacial score (nSPS) is 19.0. The molecule has 1 amide bonds. The van der Waals surface area contributed by atoms with E-state index in [1.54, 1.807) is 11.9 Å². The van der Waals surface area contributed by atoms with Crippen molar-refractivity contribution < 1.29 is 10.0 Å². The second kappa shape index (κ2) is 9.75. The summed E-state index contributed by atoms with van der Waals surface area (Å²) >= 11 is 6.12. The summed E-state index contributed by atoms with van der Waals surface area (Å²) in [5.41, 5.74) is 3.18. The molecule has 166 valence electrons. The number of nitrogens with zero attached hydrogens (tertiary/aromatic N) is 5. The molecule has 0 unspecified atom stereocenters. The number of carbonyl (C=O) groups is 1. The number of amides is 1. The third-order valence-corrected chi connectivity index (χ3v) is 6.53. The van der Waals surface area contributed by atoms with E-state index in [9.17, 15) is 10.0 Å². The highest BCUT2D eigenvalue weighted by atomic mass is 35.5. The number of oxime groups is 1. The van der Waals surface area contributed by atoms with Gasteiger partial charge in [-0.1, -0.05) is 22.8 Å². The minimum Gasteiger partial charge on any atom is -0.411 e. The molecule has 1 fully saturated rings. The SMILES string of the molecule is CN1CC/C(=N/O)c2ccn(CCCCN3CCN(c4cccc(Cl)c4)CC3)c2C1=O. The lowest BCUT2D eigenvalue weighted by Crippen LogP contribution is -2.46. The fourth-order valence-electron chi connectivity index (χ4n) is 4.44. The molecule has 4 rings (SSSR count). The predicted octanol–water partition coefficient (Wildman–Crippen LogP) is 3.40. The van der Waals surface area contributed by atoms with Crippen molar-refractivity contribution in [3.8, 4) is 0 Å². The number of rotatable bonds is 6. The lowest BCUT2D eigenvalue weighted by molar-refractivity contribution is 0.0791. The van der Waals surface area contributed by atoms with Crippen molar-refractivity contribution in [3.05, 3.63) is 52.8 Å². The quantitative estimate of drug-likeness (QED) is 0.422. The molecule has 3 heterocycles. The van der Waals surface area contributed by atoms with E-state index in [1.165, 1.54) is 5.69 Å². The van der Waals surface area contributed by atoms with Gasteiger partial charge in [-0.25, -0.2) is 0 Å². The molecule has 0 radical (unpaired) electrons. The average molecular weight is 444 g/mol.